The summed E-state index contributed by atoms with van der Waals surface area (Å²) in [5.41, 5.74) is 0.792. The molecule has 0 aromatic heterocycles. The van der Waals surface area contributed by atoms with Gasteiger partial charge in [-0.05, 0) is 13.8 Å². The third kappa shape index (κ3) is 6.84. The molecule has 0 heterocycles. The van der Waals surface area contributed by atoms with Crippen LogP contribution in [0.2, 0.25) is 0 Å². The van der Waals surface area contributed by atoms with Crippen LogP contribution in [-0.4, -0.2) is 24.2 Å². The number of aliphatic carboxylic acids is 1. The van der Waals surface area contributed by atoms with Gasteiger partial charge in [0.2, 0.25) is 0 Å². The van der Waals surface area contributed by atoms with Crippen LogP contribution in [0.3, 0.4) is 0 Å². The van der Waals surface area contributed by atoms with Gasteiger partial charge in [-0.3, -0.25) is 0 Å². The normalized spacial score (nSPS) is 10.3. The molecular formula is C9H13NO2. The Balaban J connectivity index is 3.61. The smallest absolute Gasteiger partial charge is 0.328 e. The van der Waals surface area contributed by atoms with Crippen molar-refractivity contribution in [3.05, 3.63) is 11.6 Å². The maximum atomic E-state index is 10.2. The first-order valence-corrected chi connectivity index (χ1v) is 3.67. The van der Waals surface area contributed by atoms with Crippen molar-refractivity contribution in [1.82, 2.24) is 5.32 Å². The second-order valence-corrected chi connectivity index (χ2v) is 2.36. The lowest BCUT2D eigenvalue weighted by atomic mass is 10.3. The van der Waals surface area contributed by atoms with Crippen LogP contribution in [0.25, 0.3) is 0 Å². The number of hydrogen-bond donors (Lipinski definition) is 2. The molecule has 0 atom stereocenters. The Kier molecular flexibility index (Phi) is 5.76. The fourth-order valence-electron chi connectivity index (χ4n) is 0.672. The van der Waals surface area contributed by atoms with Crippen molar-refractivity contribution in [2.75, 3.05) is 13.1 Å². The molecule has 0 aliphatic carbocycles. The summed E-state index contributed by atoms with van der Waals surface area (Å²) in [5.74, 6) is 4.65. The van der Waals surface area contributed by atoms with Crippen LogP contribution in [0.4, 0.5) is 0 Å². The third-order valence-corrected chi connectivity index (χ3v) is 1.16. The average Bonchev–Trinajstić information content (AvgIpc) is 1.97. The van der Waals surface area contributed by atoms with Crippen LogP contribution >= 0.6 is 0 Å². The zero-order valence-corrected chi connectivity index (χ0v) is 7.35. The van der Waals surface area contributed by atoms with Crippen LogP contribution in [0.15, 0.2) is 11.6 Å². The standard InChI is InChI=1S/C9H13NO2/c1-3-4-5-10-7-8(2)6-9(11)12/h6,10H,5,7H2,1-2H3,(H,11,12). The molecule has 0 amide bonds. The van der Waals surface area contributed by atoms with E-state index < -0.39 is 5.97 Å². The molecule has 66 valence electrons. The van der Waals surface area contributed by atoms with E-state index in [4.69, 9.17) is 5.11 Å². The molecule has 0 bridgehead atoms. The number of hydrogen-bond acceptors (Lipinski definition) is 2. The minimum absolute atomic E-state index is 0.570. The Hall–Kier alpha value is -1.27. The number of rotatable bonds is 4. The van der Waals surface area contributed by atoms with E-state index in [1.165, 1.54) is 6.08 Å². The summed E-state index contributed by atoms with van der Waals surface area (Å²) in [5, 5.41) is 11.3. The maximum Gasteiger partial charge on any atom is 0.328 e. The topological polar surface area (TPSA) is 49.3 Å². The van der Waals surface area contributed by atoms with Gasteiger partial charge in [0.05, 0.1) is 6.54 Å². The van der Waals surface area contributed by atoms with E-state index in [-0.39, 0.29) is 0 Å². The monoisotopic (exact) mass is 167 g/mol. The second-order valence-electron chi connectivity index (χ2n) is 2.36. The van der Waals surface area contributed by atoms with E-state index in [2.05, 4.69) is 17.2 Å². The van der Waals surface area contributed by atoms with Crippen LogP contribution in [-0.2, 0) is 4.79 Å². The molecule has 0 rings (SSSR count). The fraction of sp³-hybridized carbons (Fsp3) is 0.444. The lowest BCUT2D eigenvalue weighted by Crippen LogP contribution is -2.16. The van der Waals surface area contributed by atoms with Crippen molar-refractivity contribution >= 4 is 5.97 Å². The fourth-order valence-corrected chi connectivity index (χ4v) is 0.672. The van der Waals surface area contributed by atoms with Crippen LogP contribution in [0, 0.1) is 11.8 Å². The number of carbonyl (C=O) groups is 1. The van der Waals surface area contributed by atoms with Gasteiger partial charge in [-0.2, -0.15) is 0 Å². The highest BCUT2D eigenvalue weighted by molar-refractivity contribution is 5.80. The van der Waals surface area contributed by atoms with Gasteiger partial charge >= 0.3 is 5.97 Å². The first-order valence-electron chi connectivity index (χ1n) is 3.67. The van der Waals surface area contributed by atoms with Gasteiger partial charge < -0.3 is 10.4 Å². The number of nitrogens with one attached hydrogen (secondary N) is 1. The van der Waals surface area contributed by atoms with E-state index in [0.29, 0.717) is 13.1 Å². The molecule has 0 spiro atoms. The SMILES string of the molecule is CC#CCNCC(C)=CC(=O)O. The van der Waals surface area contributed by atoms with Crippen molar-refractivity contribution in [3.63, 3.8) is 0 Å². The summed E-state index contributed by atoms with van der Waals surface area (Å²) in [6, 6.07) is 0. The lowest BCUT2D eigenvalue weighted by molar-refractivity contribution is -0.131. The molecule has 0 saturated heterocycles. The first-order chi connectivity index (χ1) is 5.66. The summed E-state index contributed by atoms with van der Waals surface area (Å²) in [6.45, 7) is 4.70. The first kappa shape index (κ1) is 10.7. The summed E-state index contributed by atoms with van der Waals surface area (Å²) < 4.78 is 0. The highest BCUT2D eigenvalue weighted by atomic mass is 16.4. The minimum Gasteiger partial charge on any atom is -0.478 e. The van der Waals surface area contributed by atoms with Crippen molar-refractivity contribution in [1.29, 1.82) is 0 Å². The van der Waals surface area contributed by atoms with Crippen molar-refractivity contribution in [3.8, 4) is 11.8 Å². The van der Waals surface area contributed by atoms with Gasteiger partial charge in [0.15, 0.2) is 0 Å². The van der Waals surface area contributed by atoms with Gasteiger partial charge in [0.25, 0.3) is 0 Å². The molecule has 0 aliphatic heterocycles. The van der Waals surface area contributed by atoms with E-state index in [1.54, 1.807) is 13.8 Å². The Morgan fingerprint density at radius 1 is 1.67 bits per heavy atom. The number of carboxylic acids is 1. The van der Waals surface area contributed by atoms with Crippen molar-refractivity contribution in [2.24, 2.45) is 0 Å². The quantitative estimate of drug-likeness (QED) is 0.367. The molecular weight excluding hydrogens is 154 g/mol. The zero-order chi connectivity index (χ0) is 9.40. The molecule has 3 heteroatoms. The van der Waals surface area contributed by atoms with Crippen LogP contribution < -0.4 is 5.32 Å². The largest absolute Gasteiger partial charge is 0.478 e. The Morgan fingerprint density at radius 2 is 2.33 bits per heavy atom. The van der Waals surface area contributed by atoms with E-state index >= 15 is 0 Å². The second kappa shape index (κ2) is 6.44. The van der Waals surface area contributed by atoms with E-state index in [1.807, 2.05) is 0 Å². The predicted octanol–water partition coefficient (Wildman–Crippen LogP) is 0.630. The van der Waals surface area contributed by atoms with Gasteiger partial charge in [-0.1, -0.05) is 11.5 Å². The van der Waals surface area contributed by atoms with Gasteiger partial charge in [-0.15, -0.1) is 5.92 Å². The average molecular weight is 167 g/mol. The van der Waals surface area contributed by atoms with Gasteiger partial charge in [0.1, 0.15) is 0 Å². The van der Waals surface area contributed by atoms with Gasteiger partial charge in [0, 0.05) is 12.6 Å². The summed E-state index contributed by atoms with van der Waals surface area (Å²) in [7, 11) is 0. The highest BCUT2D eigenvalue weighted by Crippen LogP contribution is 1.88. The molecule has 12 heavy (non-hydrogen) atoms. The van der Waals surface area contributed by atoms with E-state index in [0.717, 1.165) is 5.57 Å². The third-order valence-electron chi connectivity index (χ3n) is 1.16. The highest BCUT2D eigenvalue weighted by Gasteiger charge is 1.92. The molecule has 0 aromatic rings. The zero-order valence-electron chi connectivity index (χ0n) is 7.35. The molecule has 0 aromatic carbocycles. The Morgan fingerprint density at radius 3 is 2.83 bits per heavy atom. The minimum atomic E-state index is -0.907. The maximum absolute atomic E-state index is 10.2. The molecule has 3 nitrogen and oxygen atoms in total. The van der Waals surface area contributed by atoms with Crippen LogP contribution in [0.1, 0.15) is 13.8 Å². The predicted molar refractivity (Wildman–Crippen MR) is 47.7 cm³/mol. The Bertz CT molecular complexity index is 233. The summed E-state index contributed by atoms with van der Waals surface area (Å²) in [6.07, 6.45) is 1.19. The van der Waals surface area contributed by atoms with E-state index in [9.17, 15) is 4.79 Å². The molecule has 0 saturated carbocycles. The number of carboxylic acid groups (broad SMARTS) is 1. The summed E-state index contributed by atoms with van der Waals surface area (Å²) >= 11 is 0. The molecule has 0 radical (unpaired) electrons. The van der Waals surface area contributed by atoms with Crippen molar-refractivity contribution in [2.45, 2.75) is 13.8 Å². The lowest BCUT2D eigenvalue weighted by Gasteiger charge is -1.98. The molecule has 0 unspecified atom stereocenters. The van der Waals surface area contributed by atoms with Crippen LogP contribution in [0.5, 0.6) is 0 Å². The summed E-state index contributed by atoms with van der Waals surface area (Å²) in [4.78, 5) is 10.2. The van der Waals surface area contributed by atoms with Gasteiger partial charge in [-0.25, -0.2) is 4.79 Å². The molecule has 0 fully saturated rings. The molecule has 0 aliphatic rings. The molecule has 2 N–H and O–H groups in total. The Labute approximate surface area is 72.5 Å². The van der Waals surface area contributed by atoms with Crippen molar-refractivity contribution < 1.29 is 9.90 Å².